The summed E-state index contributed by atoms with van der Waals surface area (Å²) in [5, 5.41) is 3.84. The first-order valence-electron chi connectivity index (χ1n) is 14.1. The normalized spacial score (nSPS) is 23.5. The second-order valence-electron chi connectivity index (χ2n) is 11.4. The highest BCUT2D eigenvalue weighted by atomic mass is 16.2. The molecular formula is C31H42N4O2. The van der Waals surface area contributed by atoms with E-state index in [4.69, 9.17) is 0 Å². The lowest BCUT2D eigenvalue weighted by atomic mass is 9.91. The van der Waals surface area contributed by atoms with Crippen molar-refractivity contribution in [3.8, 4) is 0 Å². The summed E-state index contributed by atoms with van der Waals surface area (Å²) in [4.78, 5) is 33.8. The molecule has 2 aromatic carbocycles. The van der Waals surface area contributed by atoms with E-state index in [2.05, 4.69) is 59.3 Å². The van der Waals surface area contributed by atoms with Crippen molar-refractivity contribution in [2.24, 2.45) is 5.92 Å². The standard InChI is InChI=1S/C31H42N4O2/c1-4-24(3)28-30(37)35(27-14-18-33(19-15-27)22-25-8-6-5-7-9-25)31(32-28)16-20-34(21-17-31)29(36)26-12-10-23(2)11-13-26/h5-13,24,27-28,32H,4,14-22H2,1-3H3/t24-,28+/m1/s1. The van der Waals surface area contributed by atoms with Gasteiger partial charge in [0.25, 0.3) is 5.91 Å². The fourth-order valence-electron chi connectivity index (χ4n) is 6.45. The van der Waals surface area contributed by atoms with Crippen molar-refractivity contribution in [2.75, 3.05) is 26.2 Å². The molecule has 1 spiro atoms. The van der Waals surface area contributed by atoms with E-state index in [1.165, 1.54) is 5.56 Å². The number of nitrogens with one attached hydrogen (secondary N) is 1. The maximum atomic E-state index is 13.9. The number of carbonyl (C=O) groups excluding carboxylic acids is 2. The summed E-state index contributed by atoms with van der Waals surface area (Å²) in [6, 6.07) is 18.6. The zero-order valence-electron chi connectivity index (χ0n) is 22.7. The number of carbonyl (C=O) groups is 2. The molecule has 0 aromatic heterocycles. The molecule has 0 saturated carbocycles. The lowest BCUT2D eigenvalue weighted by Crippen LogP contribution is -2.63. The van der Waals surface area contributed by atoms with Gasteiger partial charge in [-0.3, -0.25) is 19.8 Å². The quantitative estimate of drug-likeness (QED) is 0.635. The molecule has 2 atom stereocenters. The van der Waals surface area contributed by atoms with Crippen molar-refractivity contribution in [1.29, 1.82) is 0 Å². The summed E-state index contributed by atoms with van der Waals surface area (Å²) in [6.45, 7) is 10.7. The molecule has 5 rings (SSSR count). The first-order valence-corrected chi connectivity index (χ1v) is 14.1. The van der Waals surface area contributed by atoms with Crippen LogP contribution in [0.25, 0.3) is 0 Å². The van der Waals surface area contributed by atoms with Crippen LogP contribution in [0.1, 0.15) is 67.4 Å². The highest BCUT2D eigenvalue weighted by Crippen LogP contribution is 2.39. The lowest BCUT2D eigenvalue weighted by molar-refractivity contribution is -0.138. The van der Waals surface area contributed by atoms with Crippen LogP contribution in [0.2, 0.25) is 0 Å². The van der Waals surface area contributed by atoms with E-state index in [9.17, 15) is 9.59 Å². The Hall–Kier alpha value is -2.70. The predicted molar refractivity (Wildman–Crippen MR) is 147 cm³/mol. The molecule has 6 nitrogen and oxygen atoms in total. The Morgan fingerprint density at radius 1 is 1.00 bits per heavy atom. The Kier molecular flexibility index (Phi) is 7.68. The summed E-state index contributed by atoms with van der Waals surface area (Å²) in [6.07, 6.45) is 4.55. The van der Waals surface area contributed by atoms with Crippen LogP contribution in [-0.2, 0) is 11.3 Å². The third-order valence-electron chi connectivity index (χ3n) is 8.95. The van der Waals surface area contributed by atoms with Crippen LogP contribution in [0, 0.1) is 12.8 Å². The van der Waals surface area contributed by atoms with Gasteiger partial charge in [0.05, 0.1) is 11.7 Å². The minimum Gasteiger partial charge on any atom is -0.338 e. The van der Waals surface area contributed by atoms with Gasteiger partial charge in [0, 0.05) is 57.2 Å². The van der Waals surface area contributed by atoms with E-state index in [0.717, 1.165) is 62.9 Å². The van der Waals surface area contributed by atoms with Crippen LogP contribution in [0.15, 0.2) is 54.6 Å². The fraction of sp³-hybridized carbons (Fsp3) is 0.548. The molecule has 0 aliphatic carbocycles. The molecule has 3 saturated heterocycles. The summed E-state index contributed by atoms with van der Waals surface area (Å²) in [5.74, 6) is 0.660. The molecule has 3 aliphatic rings. The first-order chi connectivity index (χ1) is 17.9. The van der Waals surface area contributed by atoms with E-state index in [0.29, 0.717) is 19.0 Å². The van der Waals surface area contributed by atoms with Gasteiger partial charge in [0.1, 0.15) is 0 Å². The Bertz CT molecular complexity index is 1070. The van der Waals surface area contributed by atoms with Gasteiger partial charge < -0.3 is 9.80 Å². The Morgan fingerprint density at radius 3 is 2.27 bits per heavy atom. The minimum atomic E-state index is -0.346. The van der Waals surface area contributed by atoms with Gasteiger partial charge in [-0.1, -0.05) is 68.3 Å². The number of piperidine rings is 2. The summed E-state index contributed by atoms with van der Waals surface area (Å²) in [7, 11) is 0. The second kappa shape index (κ2) is 11.0. The highest BCUT2D eigenvalue weighted by molar-refractivity contribution is 5.94. The van der Waals surface area contributed by atoms with Gasteiger partial charge in [-0.25, -0.2) is 0 Å². The zero-order chi connectivity index (χ0) is 26.0. The van der Waals surface area contributed by atoms with Crippen LogP contribution in [0.4, 0.5) is 0 Å². The average molecular weight is 503 g/mol. The lowest BCUT2D eigenvalue weighted by Gasteiger charge is -2.49. The monoisotopic (exact) mass is 502 g/mol. The Balaban J connectivity index is 1.28. The van der Waals surface area contributed by atoms with Crippen molar-refractivity contribution >= 4 is 11.8 Å². The maximum Gasteiger partial charge on any atom is 0.253 e. The van der Waals surface area contributed by atoms with Crippen molar-refractivity contribution < 1.29 is 9.59 Å². The first kappa shape index (κ1) is 25.9. The van der Waals surface area contributed by atoms with Gasteiger partial charge in [0.15, 0.2) is 0 Å². The second-order valence-corrected chi connectivity index (χ2v) is 11.4. The number of hydrogen-bond donors (Lipinski definition) is 1. The number of likely N-dealkylation sites (tertiary alicyclic amines) is 2. The van der Waals surface area contributed by atoms with E-state index in [1.807, 2.05) is 36.1 Å². The van der Waals surface area contributed by atoms with Gasteiger partial charge in [-0.2, -0.15) is 0 Å². The van der Waals surface area contributed by atoms with Crippen LogP contribution in [0.3, 0.4) is 0 Å². The molecule has 3 aliphatic heterocycles. The fourth-order valence-corrected chi connectivity index (χ4v) is 6.45. The molecule has 198 valence electrons. The van der Waals surface area contributed by atoms with Gasteiger partial charge >= 0.3 is 0 Å². The number of rotatable bonds is 6. The average Bonchev–Trinajstić information content (AvgIpc) is 3.21. The molecule has 6 heteroatoms. The molecule has 2 aromatic rings. The van der Waals surface area contributed by atoms with Crippen molar-refractivity contribution in [1.82, 2.24) is 20.0 Å². The smallest absolute Gasteiger partial charge is 0.253 e. The summed E-state index contributed by atoms with van der Waals surface area (Å²) in [5.41, 5.74) is 2.90. The van der Waals surface area contributed by atoms with E-state index >= 15 is 0 Å². The van der Waals surface area contributed by atoms with E-state index < -0.39 is 0 Å². The Labute approximate surface area is 222 Å². The number of aryl methyl sites for hydroxylation is 1. The molecule has 3 fully saturated rings. The van der Waals surface area contributed by atoms with Crippen LogP contribution >= 0.6 is 0 Å². The number of hydrogen-bond acceptors (Lipinski definition) is 4. The summed E-state index contributed by atoms with van der Waals surface area (Å²) >= 11 is 0. The SMILES string of the molecule is CC[C@@H](C)[C@@H]1NC2(CCN(C(=O)c3ccc(C)cc3)CC2)N(C2CCN(Cc3ccccc3)CC2)C1=O. The minimum absolute atomic E-state index is 0.0958. The molecule has 0 bridgehead atoms. The number of benzene rings is 2. The Morgan fingerprint density at radius 2 is 1.65 bits per heavy atom. The van der Waals surface area contributed by atoms with Crippen LogP contribution in [-0.4, -0.2) is 70.4 Å². The van der Waals surface area contributed by atoms with Gasteiger partial charge in [-0.05, 0) is 43.4 Å². The topological polar surface area (TPSA) is 55.9 Å². The third-order valence-corrected chi connectivity index (χ3v) is 8.95. The molecule has 3 heterocycles. The van der Waals surface area contributed by atoms with Crippen molar-refractivity contribution in [3.05, 3.63) is 71.3 Å². The molecule has 37 heavy (non-hydrogen) atoms. The largest absolute Gasteiger partial charge is 0.338 e. The maximum absolute atomic E-state index is 13.9. The summed E-state index contributed by atoms with van der Waals surface area (Å²) < 4.78 is 0. The van der Waals surface area contributed by atoms with E-state index in [-0.39, 0.29) is 29.6 Å². The van der Waals surface area contributed by atoms with Crippen molar-refractivity contribution in [2.45, 2.75) is 77.2 Å². The van der Waals surface area contributed by atoms with E-state index in [1.54, 1.807) is 0 Å². The number of amides is 2. The molecule has 0 radical (unpaired) electrons. The van der Waals surface area contributed by atoms with Crippen LogP contribution < -0.4 is 5.32 Å². The van der Waals surface area contributed by atoms with Gasteiger partial charge in [0.2, 0.25) is 5.91 Å². The highest BCUT2D eigenvalue weighted by Gasteiger charge is 2.55. The predicted octanol–water partition coefficient (Wildman–Crippen LogP) is 4.44. The molecule has 2 amide bonds. The molecule has 1 N–H and O–H groups in total. The molecule has 0 unspecified atom stereocenters. The third kappa shape index (κ3) is 5.32. The number of nitrogens with zero attached hydrogens (tertiary/aromatic N) is 3. The zero-order valence-corrected chi connectivity index (χ0v) is 22.7. The van der Waals surface area contributed by atoms with Crippen LogP contribution in [0.5, 0.6) is 0 Å². The van der Waals surface area contributed by atoms with Gasteiger partial charge in [-0.15, -0.1) is 0 Å². The molecular weight excluding hydrogens is 460 g/mol. The van der Waals surface area contributed by atoms with Crippen molar-refractivity contribution in [3.63, 3.8) is 0 Å².